The van der Waals surface area contributed by atoms with Crippen molar-refractivity contribution in [1.29, 1.82) is 0 Å². The molecule has 2 aromatic carbocycles. The molecule has 1 saturated heterocycles. The van der Waals surface area contributed by atoms with Crippen LogP contribution >= 0.6 is 11.8 Å². The molecule has 2 aliphatic heterocycles. The highest BCUT2D eigenvalue weighted by atomic mass is 32.2. The van der Waals surface area contributed by atoms with Crippen molar-refractivity contribution >= 4 is 29.4 Å². The van der Waals surface area contributed by atoms with Gasteiger partial charge in [0.15, 0.2) is 0 Å². The number of anilines is 1. The van der Waals surface area contributed by atoms with Crippen LogP contribution in [0.15, 0.2) is 42.5 Å². The summed E-state index contributed by atoms with van der Waals surface area (Å²) in [5.41, 5.74) is 2.84. The third-order valence-electron chi connectivity index (χ3n) is 6.95. The van der Waals surface area contributed by atoms with Gasteiger partial charge in [-0.3, -0.25) is 14.5 Å². The molecule has 0 aliphatic carbocycles. The fraction of sp³-hybridized carbons (Fsp3) is 0.414. The van der Waals surface area contributed by atoms with E-state index in [1.54, 1.807) is 9.58 Å². The smallest absolute Gasteiger partial charge is 0.242 e. The number of benzene rings is 2. The number of halogens is 2. The van der Waals surface area contributed by atoms with E-state index in [0.717, 1.165) is 17.3 Å². The van der Waals surface area contributed by atoms with Gasteiger partial charge >= 0.3 is 0 Å². The standard InChI is InChI=1S/C29H32F2N4O3S/c1-18-6-5-7-20(14-18)35-28-25(27(32-35)29(2,3)4)26(21-9-8-19(30)15-22(21)31)39-17-24(37)34(28)16-23(36)33-10-12-38-13-11-33/h5-9,14-15,26H,10-13,16-17H2,1-4H3/t26-/m0/s1. The van der Waals surface area contributed by atoms with E-state index in [-0.39, 0.29) is 29.7 Å². The van der Waals surface area contributed by atoms with E-state index in [0.29, 0.717) is 43.4 Å². The van der Waals surface area contributed by atoms with Gasteiger partial charge in [0.2, 0.25) is 11.8 Å². The second-order valence-corrected chi connectivity index (χ2v) is 12.0. The van der Waals surface area contributed by atoms with E-state index < -0.39 is 22.3 Å². The zero-order chi connectivity index (χ0) is 27.9. The fourth-order valence-corrected chi connectivity index (χ4v) is 6.24. The van der Waals surface area contributed by atoms with E-state index in [1.807, 2.05) is 52.0 Å². The summed E-state index contributed by atoms with van der Waals surface area (Å²) in [5.74, 6) is -1.37. The number of amides is 2. The van der Waals surface area contributed by atoms with Crippen molar-refractivity contribution < 1.29 is 23.1 Å². The van der Waals surface area contributed by atoms with Crippen LogP contribution < -0.4 is 4.90 Å². The third-order valence-corrected chi connectivity index (χ3v) is 8.18. The Morgan fingerprint density at radius 2 is 1.87 bits per heavy atom. The summed E-state index contributed by atoms with van der Waals surface area (Å²) < 4.78 is 36.3. The average Bonchev–Trinajstić information content (AvgIpc) is 3.23. The van der Waals surface area contributed by atoms with Gasteiger partial charge in [0.1, 0.15) is 24.0 Å². The Bertz CT molecular complexity index is 1410. The van der Waals surface area contributed by atoms with Crippen LogP contribution in [0.1, 0.15) is 48.4 Å². The van der Waals surface area contributed by atoms with Crippen molar-refractivity contribution in [2.24, 2.45) is 0 Å². The number of fused-ring (bicyclic) bond motifs is 1. The normalized spacial score (nSPS) is 18.2. The first-order chi connectivity index (χ1) is 18.5. The molecule has 0 saturated carbocycles. The molecule has 39 heavy (non-hydrogen) atoms. The van der Waals surface area contributed by atoms with Crippen LogP contribution in [0.5, 0.6) is 0 Å². The fourth-order valence-electron chi connectivity index (χ4n) is 5.02. The zero-order valence-corrected chi connectivity index (χ0v) is 23.4. The van der Waals surface area contributed by atoms with Gasteiger partial charge < -0.3 is 9.64 Å². The monoisotopic (exact) mass is 554 g/mol. The zero-order valence-electron chi connectivity index (χ0n) is 22.5. The number of ether oxygens (including phenoxy) is 1. The number of aromatic nitrogens is 2. The quantitative estimate of drug-likeness (QED) is 0.464. The van der Waals surface area contributed by atoms with E-state index in [9.17, 15) is 14.0 Å². The summed E-state index contributed by atoms with van der Waals surface area (Å²) in [6.45, 7) is 9.62. The van der Waals surface area contributed by atoms with Crippen LogP contribution in [0.2, 0.25) is 0 Å². The molecule has 7 nitrogen and oxygen atoms in total. The number of carbonyl (C=O) groups excluding carboxylic acids is 2. The highest BCUT2D eigenvalue weighted by Crippen LogP contribution is 2.49. The Balaban J connectivity index is 1.75. The molecule has 0 radical (unpaired) electrons. The molecule has 1 aromatic heterocycles. The summed E-state index contributed by atoms with van der Waals surface area (Å²) in [5, 5.41) is 4.37. The lowest BCUT2D eigenvalue weighted by Gasteiger charge is -2.30. The van der Waals surface area contributed by atoms with E-state index in [4.69, 9.17) is 9.84 Å². The topological polar surface area (TPSA) is 67.7 Å². The molecule has 0 bridgehead atoms. The van der Waals surface area contributed by atoms with Crippen molar-refractivity contribution in [2.75, 3.05) is 43.5 Å². The van der Waals surface area contributed by atoms with Crippen LogP contribution in [0.4, 0.5) is 14.6 Å². The predicted octanol–water partition coefficient (Wildman–Crippen LogP) is 4.78. The van der Waals surface area contributed by atoms with Crippen molar-refractivity contribution in [3.05, 3.63) is 76.5 Å². The molecule has 2 amide bonds. The first-order valence-electron chi connectivity index (χ1n) is 13.0. The molecular formula is C29H32F2N4O3S. The second kappa shape index (κ2) is 10.7. The molecule has 1 fully saturated rings. The van der Waals surface area contributed by atoms with Gasteiger partial charge in [-0.05, 0) is 30.7 Å². The van der Waals surface area contributed by atoms with Gasteiger partial charge in [-0.1, -0.05) is 39.0 Å². The van der Waals surface area contributed by atoms with Gasteiger partial charge in [0.05, 0.1) is 35.6 Å². The van der Waals surface area contributed by atoms with E-state index in [2.05, 4.69) is 0 Å². The summed E-state index contributed by atoms with van der Waals surface area (Å²) in [4.78, 5) is 30.3. The Labute approximate surface area is 231 Å². The molecule has 2 aliphatic rings. The van der Waals surface area contributed by atoms with E-state index >= 15 is 4.39 Å². The number of thioether (sulfide) groups is 1. The number of rotatable bonds is 4. The minimum Gasteiger partial charge on any atom is -0.378 e. The molecule has 1 atom stereocenters. The maximum Gasteiger partial charge on any atom is 0.242 e. The highest BCUT2D eigenvalue weighted by Gasteiger charge is 2.41. The predicted molar refractivity (Wildman–Crippen MR) is 147 cm³/mol. The molecule has 0 spiro atoms. The number of aryl methyl sites for hydroxylation is 1. The number of nitrogens with zero attached hydrogens (tertiary/aromatic N) is 4. The molecular weight excluding hydrogens is 522 g/mol. The molecule has 3 heterocycles. The minimum absolute atomic E-state index is 0.0178. The van der Waals surface area contributed by atoms with Crippen LogP contribution in [0, 0.1) is 18.6 Å². The van der Waals surface area contributed by atoms with Gasteiger partial charge in [-0.15, -0.1) is 11.8 Å². The molecule has 5 rings (SSSR count). The SMILES string of the molecule is Cc1cccc(-n2nc(C(C)(C)C)c3c2N(CC(=O)N2CCOCC2)C(=O)CS[C@H]3c2ccc(F)cc2F)c1. The Kier molecular flexibility index (Phi) is 7.52. The van der Waals surface area contributed by atoms with Gasteiger partial charge in [-0.25, -0.2) is 13.5 Å². The lowest BCUT2D eigenvalue weighted by atomic mass is 9.87. The molecule has 206 valence electrons. The van der Waals surface area contributed by atoms with Crippen LogP contribution in [-0.2, 0) is 19.7 Å². The largest absolute Gasteiger partial charge is 0.378 e. The Hall–Kier alpha value is -3.24. The number of hydrogen-bond acceptors (Lipinski definition) is 5. The maximum absolute atomic E-state index is 15.3. The minimum atomic E-state index is -0.688. The van der Waals surface area contributed by atoms with Crippen molar-refractivity contribution in [1.82, 2.24) is 14.7 Å². The third kappa shape index (κ3) is 5.45. The van der Waals surface area contributed by atoms with Gasteiger partial charge in [0.25, 0.3) is 0 Å². The molecule has 0 N–H and O–H groups in total. The summed E-state index contributed by atoms with van der Waals surface area (Å²) in [6.07, 6.45) is 0. The average molecular weight is 555 g/mol. The molecule has 0 unspecified atom stereocenters. The summed E-state index contributed by atoms with van der Waals surface area (Å²) in [6, 6.07) is 11.2. The second-order valence-electron chi connectivity index (χ2n) is 10.9. The molecule has 10 heteroatoms. The van der Waals surface area contributed by atoms with Gasteiger partial charge in [0, 0.05) is 35.7 Å². The first kappa shape index (κ1) is 27.3. The van der Waals surface area contributed by atoms with Crippen LogP contribution in [0.25, 0.3) is 5.69 Å². The lowest BCUT2D eigenvalue weighted by molar-refractivity contribution is -0.134. The lowest BCUT2D eigenvalue weighted by Crippen LogP contribution is -2.48. The van der Waals surface area contributed by atoms with E-state index in [1.165, 1.54) is 28.8 Å². The van der Waals surface area contributed by atoms with Crippen molar-refractivity contribution in [3.63, 3.8) is 0 Å². The summed E-state index contributed by atoms with van der Waals surface area (Å²) >= 11 is 1.26. The van der Waals surface area contributed by atoms with Crippen molar-refractivity contribution in [3.8, 4) is 5.69 Å². The number of carbonyl (C=O) groups is 2. The Morgan fingerprint density at radius 3 is 2.54 bits per heavy atom. The summed E-state index contributed by atoms with van der Waals surface area (Å²) in [7, 11) is 0. The Morgan fingerprint density at radius 1 is 1.13 bits per heavy atom. The highest BCUT2D eigenvalue weighted by molar-refractivity contribution is 8.00. The van der Waals surface area contributed by atoms with Crippen LogP contribution in [0.3, 0.4) is 0 Å². The maximum atomic E-state index is 15.3. The van der Waals surface area contributed by atoms with Gasteiger partial charge in [-0.2, -0.15) is 5.10 Å². The van der Waals surface area contributed by atoms with Crippen molar-refractivity contribution in [2.45, 2.75) is 38.4 Å². The first-order valence-corrected chi connectivity index (χ1v) is 14.0. The number of hydrogen-bond donors (Lipinski definition) is 0. The number of morpholine rings is 1. The van der Waals surface area contributed by atoms with Crippen LogP contribution in [-0.4, -0.2) is 65.1 Å². The molecule has 3 aromatic rings.